The van der Waals surface area contributed by atoms with E-state index in [0.29, 0.717) is 5.69 Å². The number of carboxylic acid groups (broad SMARTS) is 1. The molecule has 76 valence electrons. The summed E-state index contributed by atoms with van der Waals surface area (Å²) in [6, 6.07) is 1.79. The van der Waals surface area contributed by atoms with Crippen LogP contribution in [-0.4, -0.2) is 34.1 Å². The van der Waals surface area contributed by atoms with Crippen LogP contribution in [0.2, 0.25) is 0 Å². The monoisotopic (exact) mass is 194 g/mol. The molecule has 0 aromatic carbocycles. The maximum atomic E-state index is 10.9. The largest absolute Gasteiger partial charge is 0.477 e. The first-order valence-corrected chi connectivity index (χ1v) is 4.69. The minimum Gasteiger partial charge on any atom is -0.477 e. The van der Waals surface area contributed by atoms with Crippen LogP contribution < -0.4 is 0 Å². The predicted molar refractivity (Wildman–Crippen MR) is 52.4 cm³/mol. The van der Waals surface area contributed by atoms with Crippen molar-refractivity contribution in [1.29, 1.82) is 0 Å². The molecule has 0 aliphatic carbocycles. The minimum atomic E-state index is -0.843. The molecule has 2 rings (SSSR count). The zero-order valence-corrected chi connectivity index (χ0v) is 8.45. The summed E-state index contributed by atoms with van der Waals surface area (Å²) in [6.45, 7) is 1.86. The van der Waals surface area contributed by atoms with E-state index in [1.807, 2.05) is 7.05 Å². The van der Waals surface area contributed by atoms with Gasteiger partial charge in [-0.3, -0.25) is 0 Å². The number of hydrogen-bond acceptors (Lipinski definition) is 2. The third kappa shape index (κ3) is 1.32. The molecule has 14 heavy (non-hydrogen) atoms. The Hall–Kier alpha value is -1.29. The van der Waals surface area contributed by atoms with Crippen molar-refractivity contribution < 1.29 is 9.90 Å². The summed E-state index contributed by atoms with van der Waals surface area (Å²) >= 11 is 0. The van der Waals surface area contributed by atoms with Crippen molar-refractivity contribution in [3.05, 3.63) is 23.0 Å². The van der Waals surface area contributed by atoms with E-state index < -0.39 is 5.97 Å². The maximum Gasteiger partial charge on any atom is 0.352 e. The molecule has 0 fully saturated rings. The lowest BCUT2D eigenvalue weighted by atomic mass is 10.1. The van der Waals surface area contributed by atoms with Crippen LogP contribution >= 0.6 is 0 Å². The number of aromatic nitrogens is 1. The topological polar surface area (TPSA) is 45.5 Å². The molecule has 0 saturated heterocycles. The Bertz CT molecular complexity index is 382. The van der Waals surface area contributed by atoms with Gasteiger partial charge in [-0.05, 0) is 18.7 Å². The highest BCUT2D eigenvalue weighted by Gasteiger charge is 2.21. The minimum absolute atomic E-state index is 0.394. The van der Waals surface area contributed by atoms with Crippen molar-refractivity contribution in [3.8, 4) is 0 Å². The van der Waals surface area contributed by atoms with E-state index in [-0.39, 0.29) is 0 Å². The quantitative estimate of drug-likeness (QED) is 0.716. The Kier molecular flexibility index (Phi) is 2.07. The van der Waals surface area contributed by atoms with Gasteiger partial charge in [-0.25, -0.2) is 4.79 Å². The Morgan fingerprint density at radius 1 is 1.50 bits per heavy atom. The fraction of sp³-hybridized carbons (Fsp3) is 0.500. The number of nitrogens with zero attached hydrogens (tertiary/aromatic N) is 2. The van der Waals surface area contributed by atoms with Crippen molar-refractivity contribution in [2.45, 2.75) is 13.0 Å². The summed E-state index contributed by atoms with van der Waals surface area (Å²) in [6.07, 6.45) is 0.940. The molecule has 0 amide bonds. The zero-order chi connectivity index (χ0) is 10.3. The van der Waals surface area contributed by atoms with Crippen LogP contribution in [0.1, 0.15) is 21.7 Å². The van der Waals surface area contributed by atoms with Gasteiger partial charge in [-0.2, -0.15) is 0 Å². The van der Waals surface area contributed by atoms with Crippen LogP contribution in [0.3, 0.4) is 0 Å². The van der Waals surface area contributed by atoms with Gasteiger partial charge in [0.05, 0.1) is 0 Å². The smallest absolute Gasteiger partial charge is 0.352 e. The molecule has 0 radical (unpaired) electrons. The van der Waals surface area contributed by atoms with Crippen LogP contribution in [0, 0.1) is 0 Å². The van der Waals surface area contributed by atoms with E-state index in [1.165, 1.54) is 5.69 Å². The van der Waals surface area contributed by atoms with Gasteiger partial charge < -0.3 is 14.6 Å². The lowest BCUT2D eigenvalue weighted by Crippen LogP contribution is -2.26. The molecule has 0 bridgehead atoms. The lowest BCUT2D eigenvalue weighted by molar-refractivity contribution is 0.0686. The molecule has 1 aliphatic rings. The molecular formula is C10H14N2O2. The van der Waals surface area contributed by atoms with Gasteiger partial charge in [0.15, 0.2) is 0 Å². The van der Waals surface area contributed by atoms with Gasteiger partial charge in [0.1, 0.15) is 5.69 Å². The van der Waals surface area contributed by atoms with Crippen LogP contribution in [0.15, 0.2) is 6.07 Å². The first-order chi connectivity index (χ1) is 6.59. The van der Waals surface area contributed by atoms with Gasteiger partial charge in [0.2, 0.25) is 0 Å². The Balaban J connectivity index is 2.45. The van der Waals surface area contributed by atoms with Crippen LogP contribution in [0.5, 0.6) is 0 Å². The molecule has 1 N–H and O–H groups in total. The highest BCUT2D eigenvalue weighted by Crippen LogP contribution is 2.21. The molecule has 0 spiro atoms. The second-order valence-corrected chi connectivity index (χ2v) is 3.85. The van der Waals surface area contributed by atoms with Crippen molar-refractivity contribution in [2.75, 3.05) is 13.6 Å². The molecule has 0 saturated carbocycles. The molecular weight excluding hydrogens is 180 g/mol. The number of fused-ring (bicyclic) bond motifs is 1. The standard InChI is InChI=1S/C10H14N2O2/c1-11-4-3-8-7(6-11)5-9(10(13)14)12(8)2/h5H,3-4,6H2,1-2H3,(H,13,14). The van der Waals surface area contributed by atoms with Gasteiger partial charge in [-0.15, -0.1) is 0 Å². The Labute approximate surface area is 82.7 Å². The normalized spacial score (nSPS) is 16.7. The second-order valence-electron chi connectivity index (χ2n) is 3.85. The fourth-order valence-corrected chi connectivity index (χ4v) is 2.04. The van der Waals surface area contributed by atoms with Gasteiger partial charge >= 0.3 is 5.97 Å². The summed E-state index contributed by atoms with van der Waals surface area (Å²) in [7, 11) is 3.88. The van der Waals surface area contributed by atoms with E-state index in [4.69, 9.17) is 5.11 Å². The summed E-state index contributed by atoms with van der Waals surface area (Å²) in [5, 5.41) is 8.95. The molecule has 0 atom stereocenters. The maximum absolute atomic E-state index is 10.9. The number of aromatic carboxylic acids is 1. The molecule has 1 aromatic heterocycles. The molecule has 4 nitrogen and oxygen atoms in total. The number of rotatable bonds is 1. The number of hydrogen-bond donors (Lipinski definition) is 1. The average Bonchev–Trinajstić information content (AvgIpc) is 2.43. The van der Waals surface area contributed by atoms with E-state index in [2.05, 4.69) is 11.9 Å². The fourth-order valence-electron chi connectivity index (χ4n) is 2.04. The Morgan fingerprint density at radius 2 is 2.21 bits per heavy atom. The van der Waals surface area contributed by atoms with E-state index in [9.17, 15) is 4.79 Å². The van der Waals surface area contributed by atoms with Gasteiger partial charge in [0.25, 0.3) is 0 Å². The van der Waals surface area contributed by atoms with E-state index >= 15 is 0 Å². The van der Waals surface area contributed by atoms with Gasteiger partial charge in [0, 0.05) is 32.3 Å². The number of carboxylic acids is 1. The number of likely N-dealkylation sites (N-methyl/N-ethyl adjacent to an activating group) is 1. The predicted octanol–water partition coefficient (Wildman–Crippen LogP) is 0.711. The van der Waals surface area contributed by atoms with Crippen molar-refractivity contribution >= 4 is 5.97 Å². The van der Waals surface area contributed by atoms with Crippen molar-refractivity contribution in [3.63, 3.8) is 0 Å². The van der Waals surface area contributed by atoms with Crippen molar-refractivity contribution in [2.24, 2.45) is 7.05 Å². The highest BCUT2D eigenvalue weighted by atomic mass is 16.4. The second kappa shape index (κ2) is 3.13. The summed E-state index contributed by atoms with van der Waals surface area (Å²) in [4.78, 5) is 13.1. The van der Waals surface area contributed by atoms with Crippen molar-refractivity contribution in [1.82, 2.24) is 9.47 Å². The van der Waals surface area contributed by atoms with E-state index in [1.54, 1.807) is 10.6 Å². The van der Waals surface area contributed by atoms with E-state index in [0.717, 1.165) is 25.1 Å². The SMILES string of the molecule is CN1CCc2c(cc(C(=O)O)n2C)C1. The van der Waals surface area contributed by atoms with Crippen LogP contribution in [0.4, 0.5) is 0 Å². The summed E-state index contributed by atoms with van der Waals surface area (Å²) in [5.74, 6) is -0.843. The van der Waals surface area contributed by atoms with Crippen LogP contribution in [0.25, 0.3) is 0 Å². The summed E-state index contributed by atoms with van der Waals surface area (Å²) < 4.78 is 1.80. The zero-order valence-electron chi connectivity index (χ0n) is 8.45. The number of carbonyl (C=O) groups is 1. The van der Waals surface area contributed by atoms with Gasteiger partial charge in [-0.1, -0.05) is 0 Å². The first-order valence-electron chi connectivity index (χ1n) is 4.69. The molecule has 4 heteroatoms. The first kappa shape index (κ1) is 9.27. The average molecular weight is 194 g/mol. The highest BCUT2D eigenvalue weighted by molar-refractivity contribution is 5.86. The molecule has 1 aliphatic heterocycles. The summed E-state index contributed by atoms with van der Waals surface area (Å²) in [5.41, 5.74) is 2.71. The molecule has 1 aromatic rings. The molecule has 2 heterocycles. The third-order valence-corrected chi connectivity index (χ3v) is 2.84. The molecule has 0 unspecified atom stereocenters. The Morgan fingerprint density at radius 3 is 2.86 bits per heavy atom. The van der Waals surface area contributed by atoms with Crippen LogP contribution in [-0.2, 0) is 20.0 Å². The lowest BCUT2D eigenvalue weighted by Gasteiger charge is -2.23. The third-order valence-electron chi connectivity index (χ3n) is 2.84.